The van der Waals surface area contributed by atoms with Gasteiger partial charge in [-0.2, -0.15) is 0 Å². The number of benzene rings is 2. The van der Waals surface area contributed by atoms with Crippen LogP contribution in [0.2, 0.25) is 10.0 Å². The normalized spacial score (nSPS) is 10.9. The van der Waals surface area contributed by atoms with E-state index in [-0.39, 0.29) is 17.8 Å². The van der Waals surface area contributed by atoms with Gasteiger partial charge in [0.25, 0.3) is 0 Å². The van der Waals surface area contributed by atoms with E-state index in [1.54, 1.807) is 36.4 Å². The monoisotopic (exact) mass is 391 g/mol. The Hall–Kier alpha value is -2.57. The molecule has 3 aromatic rings. The number of nitrogens with one attached hydrogen (secondary N) is 1. The Morgan fingerprint density at radius 2 is 1.81 bits per heavy atom. The Balaban J connectivity index is 2.33. The van der Waals surface area contributed by atoms with Crippen LogP contribution in [0.4, 0.5) is 5.82 Å². The molecule has 1 heterocycles. The zero-order valence-electron chi connectivity index (χ0n) is 13.8. The maximum absolute atomic E-state index is 13.0. The van der Waals surface area contributed by atoms with Crippen molar-refractivity contribution < 1.29 is 9.52 Å². The fourth-order valence-corrected chi connectivity index (χ4v) is 2.94. The summed E-state index contributed by atoms with van der Waals surface area (Å²) < 4.78 is 1.75. The number of hydrogen-bond donors (Lipinski definition) is 1. The van der Waals surface area contributed by atoms with Crippen LogP contribution in [0.1, 0.15) is 19.8 Å². The number of carbonyl (C=O) groups is 1. The Morgan fingerprint density at radius 3 is 2.46 bits per heavy atom. The number of hydrogen-bond acceptors (Lipinski definition) is 3. The maximum Gasteiger partial charge on any atom is 0.352 e. The molecule has 0 bridgehead atoms. The molecule has 0 aliphatic carbocycles. The summed E-state index contributed by atoms with van der Waals surface area (Å²) in [6.45, 7) is 1.83. The van der Waals surface area contributed by atoms with E-state index in [0.717, 1.165) is 0 Å². The van der Waals surface area contributed by atoms with Crippen LogP contribution in [0.5, 0.6) is 0 Å². The smallest absolute Gasteiger partial charge is 0.352 e. The van der Waals surface area contributed by atoms with E-state index in [2.05, 4.69) is 5.32 Å². The van der Waals surface area contributed by atoms with Crippen molar-refractivity contribution in [2.24, 2.45) is 0 Å². The third-order valence-corrected chi connectivity index (χ3v) is 4.31. The van der Waals surface area contributed by atoms with Gasteiger partial charge < -0.3 is 5.21 Å². The van der Waals surface area contributed by atoms with Crippen LogP contribution in [0.25, 0.3) is 16.7 Å². The second-order valence-electron chi connectivity index (χ2n) is 5.69. The lowest BCUT2D eigenvalue weighted by molar-refractivity contribution is -0.562. The van der Waals surface area contributed by atoms with Crippen LogP contribution in [0.15, 0.2) is 47.3 Å². The first-order valence-corrected chi connectivity index (χ1v) is 8.71. The van der Waals surface area contributed by atoms with Crippen molar-refractivity contribution in [3.05, 3.63) is 68.1 Å². The molecular weight excluding hydrogens is 377 g/mol. The van der Waals surface area contributed by atoms with E-state index in [1.165, 1.54) is 10.6 Å². The van der Waals surface area contributed by atoms with Crippen LogP contribution in [0, 0.1) is 5.21 Å². The summed E-state index contributed by atoms with van der Waals surface area (Å²) in [5.74, 6) is -0.772. The topological polar surface area (TPSA) is 78.0 Å². The van der Waals surface area contributed by atoms with Crippen LogP contribution in [-0.2, 0) is 4.79 Å². The lowest BCUT2D eigenvalue weighted by Crippen LogP contribution is -2.42. The minimum Gasteiger partial charge on any atom is -0.710 e. The summed E-state index contributed by atoms with van der Waals surface area (Å²) in [6.07, 6.45) is 0.795. The highest BCUT2D eigenvalue weighted by Crippen LogP contribution is 2.21. The number of carbonyl (C=O) groups excluding carboxylic acids is 1. The first kappa shape index (κ1) is 18.2. The zero-order valence-corrected chi connectivity index (χ0v) is 15.3. The Morgan fingerprint density at radius 1 is 1.15 bits per heavy atom. The minimum absolute atomic E-state index is 0.166. The molecule has 8 heteroatoms. The largest absolute Gasteiger partial charge is 0.710 e. The highest BCUT2D eigenvalue weighted by atomic mass is 35.5. The Kier molecular flexibility index (Phi) is 5.15. The molecule has 134 valence electrons. The predicted molar refractivity (Wildman–Crippen MR) is 102 cm³/mol. The number of amides is 1. The fraction of sp³-hybridized carbons (Fsp3) is 0.167. The third kappa shape index (κ3) is 3.38. The number of anilines is 1. The molecule has 0 saturated carbocycles. The van der Waals surface area contributed by atoms with Crippen molar-refractivity contribution in [3.63, 3.8) is 0 Å². The lowest BCUT2D eigenvalue weighted by atomic mass is 10.2. The molecule has 0 radical (unpaired) electrons. The summed E-state index contributed by atoms with van der Waals surface area (Å²) in [7, 11) is 0. The average Bonchev–Trinajstić information content (AvgIpc) is 2.61. The molecule has 1 aromatic heterocycles. The molecule has 0 aliphatic heterocycles. The third-order valence-electron chi connectivity index (χ3n) is 3.83. The molecule has 6 nitrogen and oxygen atoms in total. The van der Waals surface area contributed by atoms with Gasteiger partial charge in [-0.1, -0.05) is 30.1 Å². The van der Waals surface area contributed by atoms with E-state index in [1.807, 2.05) is 6.92 Å². The summed E-state index contributed by atoms with van der Waals surface area (Å²) in [5, 5.41) is 16.0. The second kappa shape index (κ2) is 7.35. The van der Waals surface area contributed by atoms with Gasteiger partial charge in [-0.3, -0.25) is 9.36 Å². The molecule has 3 rings (SSSR count). The predicted octanol–water partition coefficient (Wildman–Crippen LogP) is 3.67. The summed E-state index contributed by atoms with van der Waals surface area (Å²) >= 11 is 11.9. The highest BCUT2D eigenvalue weighted by molar-refractivity contribution is 6.31. The van der Waals surface area contributed by atoms with Gasteiger partial charge >= 0.3 is 17.3 Å². The Bertz CT molecular complexity index is 1050. The van der Waals surface area contributed by atoms with Gasteiger partial charge in [0.2, 0.25) is 0 Å². The van der Waals surface area contributed by atoms with E-state index < -0.39 is 11.5 Å². The molecule has 1 amide bonds. The van der Waals surface area contributed by atoms with Gasteiger partial charge in [-0.25, -0.2) is 14.8 Å². The van der Waals surface area contributed by atoms with Gasteiger partial charge in [-0.15, -0.1) is 0 Å². The number of aromatic nitrogens is 2. The van der Waals surface area contributed by atoms with Crippen LogP contribution in [-0.4, -0.2) is 10.5 Å². The molecule has 0 unspecified atom stereocenters. The summed E-state index contributed by atoms with van der Waals surface area (Å²) in [6, 6.07) is 11.2. The van der Waals surface area contributed by atoms with Crippen molar-refractivity contribution in [3.8, 4) is 5.69 Å². The van der Waals surface area contributed by atoms with Crippen molar-refractivity contribution in [1.29, 1.82) is 0 Å². The maximum atomic E-state index is 13.0. The van der Waals surface area contributed by atoms with Gasteiger partial charge in [-0.05, 0) is 42.8 Å². The summed E-state index contributed by atoms with van der Waals surface area (Å²) in [4.78, 5) is 24.9. The number of fused-ring (bicyclic) bond motifs is 1. The van der Waals surface area contributed by atoms with Gasteiger partial charge in [0.15, 0.2) is 5.52 Å². The van der Waals surface area contributed by atoms with Crippen molar-refractivity contribution in [1.82, 2.24) is 4.57 Å². The molecule has 1 N–H and O–H groups in total. The van der Waals surface area contributed by atoms with Gasteiger partial charge in [0.1, 0.15) is 0 Å². The Labute approximate surface area is 159 Å². The standard InChI is InChI=1S/C18H15Cl2N3O3/c1-2-3-16(24)21-17-18(25)22(13-7-4-11(19)5-8-13)14-9-6-12(20)10-15(14)23(17)26/h4-10H,2-3H2,1H3,(H,21,24). The van der Waals surface area contributed by atoms with Crippen LogP contribution in [0.3, 0.4) is 0 Å². The number of halogens is 2. The first-order valence-electron chi connectivity index (χ1n) is 7.96. The van der Waals surface area contributed by atoms with Crippen molar-refractivity contribution in [2.45, 2.75) is 19.8 Å². The zero-order chi connectivity index (χ0) is 18.8. The molecule has 0 saturated heterocycles. The molecule has 26 heavy (non-hydrogen) atoms. The highest BCUT2D eigenvalue weighted by Gasteiger charge is 2.22. The van der Waals surface area contributed by atoms with Gasteiger partial charge in [0.05, 0.1) is 5.52 Å². The SMILES string of the molecule is CCCC(=O)Nc1c(=O)n(-c2ccc(Cl)cc2)c2ccc(Cl)cc2[n+]1[O-]. The molecule has 0 aliphatic rings. The molecular formula is C18H15Cl2N3O3. The fourth-order valence-electron chi connectivity index (χ4n) is 2.64. The average molecular weight is 392 g/mol. The van der Waals surface area contributed by atoms with E-state index >= 15 is 0 Å². The lowest BCUT2D eigenvalue weighted by Gasteiger charge is -2.16. The molecule has 0 fully saturated rings. The first-order chi connectivity index (χ1) is 12.4. The number of rotatable bonds is 4. The second-order valence-corrected chi connectivity index (χ2v) is 6.56. The van der Waals surface area contributed by atoms with Crippen molar-refractivity contribution in [2.75, 3.05) is 5.32 Å². The minimum atomic E-state index is -0.637. The summed E-state index contributed by atoms with van der Waals surface area (Å²) in [5.41, 5.74) is 0.406. The van der Waals surface area contributed by atoms with E-state index in [9.17, 15) is 14.8 Å². The van der Waals surface area contributed by atoms with E-state index in [0.29, 0.717) is 32.4 Å². The molecule has 0 spiro atoms. The van der Waals surface area contributed by atoms with Crippen LogP contribution >= 0.6 is 23.2 Å². The van der Waals surface area contributed by atoms with Crippen molar-refractivity contribution >= 4 is 46.0 Å². The quantitative estimate of drug-likeness (QED) is 0.544. The van der Waals surface area contributed by atoms with E-state index in [4.69, 9.17) is 23.2 Å². The number of nitrogens with zero attached hydrogens (tertiary/aromatic N) is 2. The molecule has 2 aromatic carbocycles. The van der Waals surface area contributed by atoms with Gasteiger partial charge in [0, 0.05) is 28.2 Å². The van der Waals surface area contributed by atoms with Crippen LogP contribution < -0.4 is 15.6 Å². The molecule has 0 atom stereocenters.